The molecule has 0 aromatic heterocycles. The van der Waals surface area contributed by atoms with Gasteiger partial charge in [0.1, 0.15) is 0 Å². The Morgan fingerprint density at radius 1 is 1.35 bits per heavy atom. The lowest BCUT2D eigenvalue weighted by atomic mass is 9.60. The van der Waals surface area contributed by atoms with Crippen molar-refractivity contribution in [2.75, 3.05) is 0 Å². The van der Waals surface area contributed by atoms with Crippen LogP contribution in [0.4, 0.5) is 0 Å². The molecular weight excluding hydrogens is 248 g/mol. The zero-order chi connectivity index (χ0) is 14.1. The molecule has 3 aliphatic rings. The fourth-order valence-electron chi connectivity index (χ4n) is 4.42. The largest absolute Gasteiger partial charge is 0.431 e. The summed E-state index contributed by atoms with van der Waals surface area (Å²) in [6, 6.07) is 0. The van der Waals surface area contributed by atoms with Crippen molar-refractivity contribution < 1.29 is 9.53 Å². The van der Waals surface area contributed by atoms with Crippen LogP contribution < -0.4 is 0 Å². The summed E-state index contributed by atoms with van der Waals surface area (Å²) in [4.78, 5) is 11.5. The first-order chi connectivity index (χ1) is 9.66. The molecule has 0 aromatic carbocycles. The molecule has 20 heavy (non-hydrogen) atoms. The number of allylic oxidation sites excluding steroid dienone is 2. The number of ether oxygens (including phenoxy) is 1. The summed E-state index contributed by atoms with van der Waals surface area (Å²) in [6.07, 6.45) is 12.8. The van der Waals surface area contributed by atoms with Crippen LogP contribution in [0.2, 0.25) is 0 Å². The molecule has 2 nitrogen and oxygen atoms in total. The van der Waals surface area contributed by atoms with Gasteiger partial charge in [-0.25, -0.2) is 4.79 Å². The Labute approximate surface area is 121 Å². The third-order valence-corrected chi connectivity index (χ3v) is 5.57. The number of carbonyl (C=O) groups excluding carboxylic acids is 1. The van der Waals surface area contributed by atoms with Gasteiger partial charge in [0.05, 0.1) is 11.8 Å². The number of hydrogen-bond donors (Lipinski definition) is 0. The highest BCUT2D eigenvalue weighted by Crippen LogP contribution is 2.49. The van der Waals surface area contributed by atoms with E-state index >= 15 is 0 Å². The molecule has 3 rings (SSSR count). The van der Waals surface area contributed by atoms with Crippen LogP contribution in [0, 0.1) is 23.7 Å². The standard InChI is InChI=1S/C18H24O2/c1-12-4-3-5-17-15(12)8-6-13(2)16(17)9-7-14-10-11-20-18(14)19/h7,10-12,15-17H,2-6,8-9H2,1H3/b14-7+. The minimum atomic E-state index is -0.208. The smallest absolute Gasteiger partial charge is 0.342 e. The molecule has 108 valence electrons. The lowest BCUT2D eigenvalue weighted by Crippen LogP contribution is -2.36. The van der Waals surface area contributed by atoms with E-state index in [0.717, 1.165) is 24.2 Å². The topological polar surface area (TPSA) is 26.3 Å². The Bertz CT molecular complexity index is 472. The van der Waals surface area contributed by atoms with Gasteiger partial charge in [-0.05, 0) is 55.4 Å². The van der Waals surface area contributed by atoms with Gasteiger partial charge < -0.3 is 4.74 Å². The van der Waals surface area contributed by atoms with Crippen LogP contribution in [0.1, 0.15) is 45.4 Å². The second kappa shape index (κ2) is 5.59. The van der Waals surface area contributed by atoms with Crippen molar-refractivity contribution in [3.63, 3.8) is 0 Å². The van der Waals surface area contributed by atoms with E-state index in [1.54, 1.807) is 6.08 Å². The van der Waals surface area contributed by atoms with Gasteiger partial charge in [-0.15, -0.1) is 0 Å². The van der Waals surface area contributed by atoms with E-state index in [-0.39, 0.29) is 5.97 Å². The van der Waals surface area contributed by atoms with Gasteiger partial charge in [-0.1, -0.05) is 38.0 Å². The highest BCUT2D eigenvalue weighted by molar-refractivity contribution is 5.94. The molecular formula is C18H24O2. The van der Waals surface area contributed by atoms with Gasteiger partial charge in [0.15, 0.2) is 0 Å². The van der Waals surface area contributed by atoms with Crippen LogP contribution in [0.15, 0.2) is 36.1 Å². The Balaban J connectivity index is 1.74. The maximum atomic E-state index is 11.5. The van der Waals surface area contributed by atoms with E-state index in [2.05, 4.69) is 19.6 Å². The van der Waals surface area contributed by atoms with E-state index < -0.39 is 0 Å². The van der Waals surface area contributed by atoms with Gasteiger partial charge in [-0.2, -0.15) is 0 Å². The summed E-state index contributed by atoms with van der Waals surface area (Å²) >= 11 is 0. The van der Waals surface area contributed by atoms with Crippen LogP contribution in [-0.2, 0) is 9.53 Å². The molecule has 2 heteroatoms. The Hall–Kier alpha value is -1.31. The molecule has 4 atom stereocenters. The molecule has 0 amide bonds. The SMILES string of the molecule is C=C1CCC2C(C)CCCC2C1C/C=C1\C=COC1=O. The zero-order valence-electron chi connectivity index (χ0n) is 12.3. The summed E-state index contributed by atoms with van der Waals surface area (Å²) in [6.45, 7) is 6.73. The van der Waals surface area contributed by atoms with Crippen molar-refractivity contribution in [2.24, 2.45) is 23.7 Å². The second-order valence-electron chi connectivity index (χ2n) is 6.64. The molecule has 2 aliphatic carbocycles. The van der Waals surface area contributed by atoms with Crippen LogP contribution in [0.25, 0.3) is 0 Å². The van der Waals surface area contributed by atoms with E-state index in [4.69, 9.17) is 4.74 Å². The van der Waals surface area contributed by atoms with Crippen molar-refractivity contribution >= 4 is 5.97 Å². The van der Waals surface area contributed by atoms with Crippen LogP contribution in [0.3, 0.4) is 0 Å². The summed E-state index contributed by atoms with van der Waals surface area (Å²) in [5.74, 6) is 2.85. The number of esters is 1. The summed E-state index contributed by atoms with van der Waals surface area (Å²) in [7, 11) is 0. The fourth-order valence-corrected chi connectivity index (χ4v) is 4.42. The number of cyclic esters (lactones) is 1. The molecule has 0 spiro atoms. The van der Waals surface area contributed by atoms with Gasteiger partial charge in [0.2, 0.25) is 0 Å². The molecule has 4 unspecified atom stereocenters. The van der Waals surface area contributed by atoms with Crippen molar-refractivity contribution in [1.82, 2.24) is 0 Å². The minimum Gasteiger partial charge on any atom is -0.431 e. The highest BCUT2D eigenvalue weighted by atomic mass is 16.5. The van der Waals surface area contributed by atoms with Crippen molar-refractivity contribution in [1.29, 1.82) is 0 Å². The molecule has 2 fully saturated rings. The Morgan fingerprint density at radius 2 is 2.20 bits per heavy atom. The summed E-state index contributed by atoms with van der Waals surface area (Å²) < 4.78 is 4.85. The second-order valence-corrected chi connectivity index (χ2v) is 6.64. The van der Waals surface area contributed by atoms with E-state index in [1.165, 1.54) is 43.9 Å². The average Bonchev–Trinajstić information content (AvgIpc) is 2.83. The molecule has 0 aromatic rings. The maximum absolute atomic E-state index is 11.5. The van der Waals surface area contributed by atoms with E-state index in [9.17, 15) is 4.79 Å². The van der Waals surface area contributed by atoms with E-state index in [0.29, 0.717) is 11.5 Å². The molecule has 2 saturated carbocycles. The molecule has 0 bridgehead atoms. The Morgan fingerprint density at radius 3 is 2.95 bits per heavy atom. The normalized spacial score (nSPS) is 39.0. The first kappa shape index (κ1) is 13.7. The van der Waals surface area contributed by atoms with Gasteiger partial charge in [0, 0.05) is 0 Å². The maximum Gasteiger partial charge on any atom is 0.342 e. The lowest BCUT2D eigenvalue weighted by Gasteiger charge is -2.45. The fraction of sp³-hybridized carbons (Fsp3) is 0.611. The van der Waals surface area contributed by atoms with Gasteiger partial charge in [-0.3, -0.25) is 0 Å². The van der Waals surface area contributed by atoms with Crippen molar-refractivity contribution in [3.05, 3.63) is 36.1 Å². The molecule has 0 N–H and O–H groups in total. The summed E-state index contributed by atoms with van der Waals surface area (Å²) in [5.41, 5.74) is 2.11. The molecule has 0 saturated heterocycles. The third-order valence-electron chi connectivity index (χ3n) is 5.57. The first-order valence-corrected chi connectivity index (χ1v) is 7.92. The number of fused-ring (bicyclic) bond motifs is 1. The van der Waals surface area contributed by atoms with Crippen LogP contribution in [0.5, 0.6) is 0 Å². The number of carbonyl (C=O) groups is 1. The first-order valence-electron chi connectivity index (χ1n) is 7.92. The molecule has 1 aliphatic heterocycles. The van der Waals surface area contributed by atoms with Crippen molar-refractivity contribution in [2.45, 2.75) is 45.4 Å². The zero-order valence-corrected chi connectivity index (χ0v) is 12.3. The highest BCUT2D eigenvalue weighted by Gasteiger charge is 2.39. The number of hydrogen-bond acceptors (Lipinski definition) is 2. The third kappa shape index (κ3) is 2.48. The average molecular weight is 272 g/mol. The molecule has 0 radical (unpaired) electrons. The summed E-state index contributed by atoms with van der Waals surface area (Å²) in [5, 5.41) is 0. The minimum absolute atomic E-state index is 0.208. The monoisotopic (exact) mass is 272 g/mol. The van der Waals surface area contributed by atoms with Gasteiger partial charge >= 0.3 is 5.97 Å². The lowest BCUT2D eigenvalue weighted by molar-refractivity contribution is -0.132. The predicted octanol–water partition coefficient (Wildman–Crippen LogP) is 4.39. The molecule has 1 heterocycles. The number of rotatable bonds is 2. The Kier molecular flexibility index (Phi) is 3.82. The quantitative estimate of drug-likeness (QED) is 0.423. The van der Waals surface area contributed by atoms with Gasteiger partial charge in [0.25, 0.3) is 0 Å². The van der Waals surface area contributed by atoms with E-state index in [1.807, 2.05) is 0 Å². The van der Waals surface area contributed by atoms with Crippen LogP contribution in [-0.4, -0.2) is 5.97 Å². The van der Waals surface area contributed by atoms with Crippen LogP contribution >= 0.6 is 0 Å². The van der Waals surface area contributed by atoms with Crippen molar-refractivity contribution in [3.8, 4) is 0 Å². The predicted molar refractivity (Wildman–Crippen MR) is 79.8 cm³/mol.